The quantitative estimate of drug-likeness (QED) is 0.0325. The molecule has 0 bridgehead atoms. The second kappa shape index (κ2) is 21.8. The van der Waals surface area contributed by atoms with E-state index in [0.717, 1.165) is 22.0 Å². The second-order valence-corrected chi connectivity index (χ2v) is 17.8. The third kappa shape index (κ3) is 13.8. The van der Waals surface area contributed by atoms with Gasteiger partial charge < -0.3 is 50.4 Å². The van der Waals surface area contributed by atoms with E-state index in [0.29, 0.717) is 11.1 Å². The number of imide groups is 1. The lowest BCUT2D eigenvalue weighted by Gasteiger charge is -2.35. The lowest BCUT2D eigenvalue weighted by Crippen LogP contribution is -2.56. The van der Waals surface area contributed by atoms with Crippen LogP contribution >= 0.6 is 0 Å². The summed E-state index contributed by atoms with van der Waals surface area (Å²) in [5.41, 5.74) is 1.34. The standard InChI is InChI=1S/C40H55N5O17S/c1-20(2)34(43-31(47)17-44-26(19-60-12-13-63(57,58)59)15-27(38(44)53)45-32(48)10-11-33(45)49)37(52)41-22(5)36(51)42-25-8-6-24(18-61-40(56)21(3)4)23(14-25)7-9-29-35(50)28(46)16-30(62-29)39(54)55/h6,8,10-11,14,20-22,26-30,34-35,46,50H,7,9,12-13,15-19H2,1-5H3,(H,41,52)(H,42,51)(H,43,47)(H,54,55)(H,57,58,59)/t22-,26-,27+,28-,29-,30-,34-,35+/m0/s1. The van der Waals surface area contributed by atoms with Gasteiger partial charge in [0.2, 0.25) is 23.6 Å². The fourth-order valence-electron chi connectivity index (χ4n) is 7.11. The summed E-state index contributed by atoms with van der Waals surface area (Å²) in [5.74, 6) is -7.97. The highest BCUT2D eigenvalue weighted by molar-refractivity contribution is 7.85. The Balaban J connectivity index is 1.42. The number of carbonyl (C=O) groups excluding carboxylic acids is 7. The number of ether oxygens (including phenoxy) is 3. The number of aliphatic hydroxyl groups is 2. The van der Waals surface area contributed by atoms with Crippen molar-refractivity contribution in [3.05, 3.63) is 41.5 Å². The normalized spacial score (nSPS) is 23.6. The molecule has 0 aromatic heterocycles. The summed E-state index contributed by atoms with van der Waals surface area (Å²) in [4.78, 5) is 104. The molecule has 1 aromatic rings. The molecule has 348 valence electrons. The van der Waals surface area contributed by atoms with Gasteiger partial charge in [0.05, 0.1) is 49.7 Å². The molecule has 2 fully saturated rings. The maximum atomic E-state index is 13.5. The fraction of sp³-hybridized carbons (Fsp3) is 0.600. The van der Waals surface area contributed by atoms with E-state index in [1.54, 1.807) is 39.8 Å². The predicted octanol–water partition coefficient (Wildman–Crippen LogP) is -1.33. The largest absolute Gasteiger partial charge is 0.479 e. The Hall–Kier alpha value is -5.33. The van der Waals surface area contributed by atoms with Gasteiger partial charge in [-0.3, -0.25) is 43.0 Å². The first-order valence-corrected chi connectivity index (χ1v) is 21.9. The molecular weight excluding hydrogens is 855 g/mol. The number of aliphatic carboxylic acids is 1. The minimum Gasteiger partial charge on any atom is -0.479 e. The first-order valence-electron chi connectivity index (χ1n) is 20.3. The van der Waals surface area contributed by atoms with Crippen molar-refractivity contribution in [3.63, 3.8) is 0 Å². The molecule has 6 amide bonds. The van der Waals surface area contributed by atoms with Crippen LogP contribution in [-0.4, -0.2) is 160 Å². The summed E-state index contributed by atoms with van der Waals surface area (Å²) < 4.78 is 47.6. The van der Waals surface area contributed by atoms with E-state index in [1.165, 1.54) is 13.0 Å². The molecule has 23 heteroatoms. The Labute approximate surface area is 363 Å². The van der Waals surface area contributed by atoms with Crippen LogP contribution < -0.4 is 16.0 Å². The topological polar surface area (TPSA) is 322 Å². The van der Waals surface area contributed by atoms with Crippen LogP contribution in [0.1, 0.15) is 65.0 Å². The van der Waals surface area contributed by atoms with E-state index in [2.05, 4.69) is 16.0 Å². The summed E-state index contributed by atoms with van der Waals surface area (Å²) >= 11 is 0. The number of rotatable bonds is 21. The molecule has 63 heavy (non-hydrogen) atoms. The molecule has 0 radical (unpaired) electrons. The third-order valence-corrected chi connectivity index (χ3v) is 11.3. The van der Waals surface area contributed by atoms with E-state index >= 15 is 0 Å². The molecule has 3 heterocycles. The van der Waals surface area contributed by atoms with Gasteiger partial charge >= 0.3 is 11.9 Å². The summed E-state index contributed by atoms with van der Waals surface area (Å²) in [6.07, 6.45) is -3.37. The number of hydrogen-bond donors (Lipinski definition) is 7. The van der Waals surface area contributed by atoms with Crippen LogP contribution in [0.5, 0.6) is 0 Å². The smallest absolute Gasteiger partial charge is 0.332 e. The minimum absolute atomic E-state index is 0.0482. The number of likely N-dealkylation sites (tertiary alicyclic amines) is 1. The number of carboxylic acids is 1. The summed E-state index contributed by atoms with van der Waals surface area (Å²) in [7, 11) is -4.37. The van der Waals surface area contributed by atoms with Crippen molar-refractivity contribution >= 4 is 63.2 Å². The van der Waals surface area contributed by atoms with Crippen LogP contribution in [0.2, 0.25) is 0 Å². The summed E-state index contributed by atoms with van der Waals surface area (Å²) in [6, 6.07) is 0.0882. The van der Waals surface area contributed by atoms with Crippen LogP contribution in [0.3, 0.4) is 0 Å². The van der Waals surface area contributed by atoms with Gasteiger partial charge in [0.25, 0.3) is 21.9 Å². The SMILES string of the molecule is CC(C)C(=O)OCc1ccc(NC(=O)[C@H](C)NC(=O)[C@@H](NC(=O)CN2C(=O)[C@H](N3C(=O)C=CC3=O)C[C@H]2COCCS(=O)(=O)O)C(C)C)cc1CC[C@@H]1O[C@H](C(=O)O)C[C@H](O)[C@H]1O. The van der Waals surface area contributed by atoms with Crippen LogP contribution in [-0.2, 0) is 75.7 Å². The van der Waals surface area contributed by atoms with Crippen molar-refractivity contribution in [1.82, 2.24) is 20.4 Å². The number of carboxylic acid groups (broad SMARTS) is 1. The second-order valence-electron chi connectivity index (χ2n) is 16.2. The average Bonchev–Trinajstić information content (AvgIpc) is 3.69. The lowest BCUT2D eigenvalue weighted by atomic mass is 9.92. The van der Waals surface area contributed by atoms with Crippen molar-refractivity contribution in [2.45, 2.75) is 115 Å². The first kappa shape index (κ1) is 50.3. The van der Waals surface area contributed by atoms with Gasteiger partial charge in [-0.2, -0.15) is 8.42 Å². The zero-order valence-corrected chi connectivity index (χ0v) is 36.2. The van der Waals surface area contributed by atoms with E-state index < -0.39 is 137 Å². The maximum absolute atomic E-state index is 13.5. The van der Waals surface area contributed by atoms with Gasteiger partial charge in [-0.25, -0.2) is 4.79 Å². The van der Waals surface area contributed by atoms with E-state index in [9.17, 15) is 62.1 Å². The molecule has 0 spiro atoms. The first-order chi connectivity index (χ1) is 29.5. The molecule has 3 aliphatic heterocycles. The molecule has 0 aliphatic carbocycles. The van der Waals surface area contributed by atoms with E-state index in [-0.39, 0.29) is 44.6 Å². The molecule has 0 saturated carbocycles. The Kier molecular flexibility index (Phi) is 17.4. The Morgan fingerprint density at radius 1 is 0.937 bits per heavy atom. The van der Waals surface area contributed by atoms with Gasteiger partial charge in [0.15, 0.2) is 6.10 Å². The van der Waals surface area contributed by atoms with Gasteiger partial charge in [-0.15, -0.1) is 0 Å². The predicted molar refractivity (Wildman–Crippen MR) is 217 cm³/mol. The minimum atomic E-state index is -4.37. The van der Waals surface area contributed by atoms with Crippen molar-refractivity contribution in [2.24, 2.45) is 11.8 Å². The average molecular weight is 910 g/mol. The molecule has 1 aromatic carbocycles. The third-order valence-electron chi connectivity index (χ3n) is 10.6. The van der Waals surface area contributed by atoms with Crippen molar-refractivity contribution < 1.29 is 80.9 Å². The number of esters is 1. The monoisotopic (exact) mass is 909 g/mol. The van der Waals surface area contributed by atoms with Gasteiger partial charge in [0.1, 0.15) is 30.8 Å². The maximum Gasteiger partial charge on any atom is 0.332 e. The number of anilines is 1. The number of benzene rings is 1. The van der Waals surface area contributed by atoms with Crippen LogP contribution in [0, 0.1) is 11.8 Å². The van der Waals surface area contributed by atoms with Gasteiger partial charge in [-0.05, 0) is 48.9 Å². The highest BCUT2D eigenvalue weighted by Gasteiger charge is 2.47. The molecular formula is C40H55N5O17S. The number of aryl methyl sites for hydroxylation is 1. The molecule has 2 saturated heterocycles. The Bertz CT molecular complexity index is 2040. The summed E-state index contributed by atoms with van der Waals surface area (Å²) in [6.45, 7) is 6.39. The number of aliphatic hydroxyl groups excluding tert-OH is 2. The van der Waals surface area contributed by atoms with E-state index in [1.807, 2.05) is 0 Å². The van der Waals surface area contributed by atoms with Crippen molar-refractivity contribution in [3.8, 4) is 0 Å². The summed E-state index contributed by atoms with van der Waals surface area (Å²) in [5, 5.41) is 38.0. The number of amides is 6. The molecule has 8 atom stereocenters. The van der Waals surface area contributed by atoms with Crippen LogP contribution in [0.25, 0.3) is 0 Å². The molecule has 4 rings (SSSR count). The van der Waals surface area contributed by atoms with Gasteiger partial charge in [-0.1, -0.05) is 33.8 Å². The molecule has 3 aliphatic rings. The highest BCUT2D eigenvalue weighted by Crippen LogP contribution is 2.28. The number of nitrogens with one attached hydrogen (secondary N) is 3. The molecule has 22 nitrogen and oxygen atoms in total. The zero-order valence-electron chi connectivity index (χ0n) is 35.4. The number of nitrogens with zero attached hydrogens (tertiary/aromatic N) is 2. The number of hydrogen-bond acceptors (Lipinski definition) is 15. The van der Waals surface area contributed by atoms with Gasteiger partial charge in [0, 0.05) is 30.7 Å². The fourth-order valence-corrected chi connectivity index (χ4v) is 7.44. The van der Waals surface area contributed by atoms with Crippen LogP contribution in [0.15, 0.2) is 30.4 Å². The van der Waals surface area contributed by atoms with Crippen LogP contribution in [0.4, 0.5) is 5.69 Å². The lowest BCUT2D eigenvalue weighted by molar-refractivity contribution is -0.190. The van der Waals surface area contributed by atoms with E-state index in [4.69, 9.17) is 18.8 Å². The zero-order chi connectivity index (χ0) is 46.9. The Morgan fingerprint density at radius 3 is 2.21 bits per heavy atom. The van der Waals surface area contributed by atoms with Crippen molar-refractivity contribution in [1.29, 1.82) is 0 Å². The molecule has 7 N–H and O–H groups in total. The highest BCUT2D eigenvalue weighted by atomic mass is 32.2. The molecule has 0 unspecified atom stereocenters. The number of carbonyl (C=O) groups is 8. The Morgan fingerprint density at radius 2 is 1.60 bits per heavy atom. The van der Waals surface area contributed by atoms with Crippen molar-refractivity contribution in [2.75, 3.05) is 30.8 Å².